The SMILES string of the molecule is CC(O)CN(C)C(=O)C=Cc1cccc(F)c1. The number of hydrogen-bond acceptors (Lipinski definition) is 2. The molecule has 17 heavy (non-hydrogen) atoms. The molecule has 1 aromatic rings. The number of hydrogen-bond donors (Lipinski definition) is 1. The van der Waals surface area contributed by atoms with Gasteiger partial charge in [0.15, 0.2) is 0 Å². The Morgan fingerprint density at radius 3 is 2.88 bits per heavy atom. The topological polar surface area (TPSA) is 40.5 Å². The van der Waals surface area contributed by atoms with Crippen LogP contribution >= 0.6 is 0 Å². The van der Waals surface area contributed by atoms with E-state index in [1.54, 1.807) is 32.2 Å². The van der Waals surface area contributed by atoms with Crippen molar-refractivity contribution >= 4 is 12.0 Å². The minimum atomic E-state index is -0.563. The van der Waals surface area contributed by atoms with E-state index in [9.17, 15) is 9.18 Å². The minimum Gasteiger partial charge on any atom is -0.392 e. The van der Waals surface area contributed by atoms with Crippen molar-refractivity contribution in [2.75, 3.05) is 13.6 Å². The summed E-state index contributed by atoms with van der Waals surface area (Å²) >= 11 is 0. The molecule has 1 N–H and O–H groups in total. The molecule has 4 heteroatoms. The lowest BCUT2D eigenvalue weighted by molar-refractivity contribution is -0.125. The van der Waals surface area contributed by atoms with Crippen LogP contribution in [0.3, 0.4) is 0 Å². The van der Waals surface area contributed by atoms with Crippen molar-refractivity contribution in [1.82, 2.24) is 4.90 Å². The van der Waals surface area contributed by atoms with Gasteiger partial charge in [0, 0.05) is 19.7 Å². The molecule has 0 heterocycles. The highest BCUT2D eigenvalue weighted by Crippen LogP contribution is 2.05. The van der Waals surface area contributed by atoms with Crippen LogP contribution in [0.4, 0.5) is 4.39 Å². The summed E-state index contributed by atoms with van der Waals surface area (Å²) in [5, 5.41) is 9.13. The fourth-order valence-electron chi connectivity index (χ4n) is 1.39. The van der Waals surface area contributed by atoms with Crippen molar-refractivity contribution in [1.29, 1.82) is 0 Å². The highest BCUT2D eigenvalue weighted by Gasteiger charge is 2.07. The quantitative estimate of drug-likeness (QED) is 0.809. The van der Waals surface area contributed by atoms with E-state index in [1.165, 1.54) is 23.1 Å². The Kier molecular flexibility index (Phi) is 4.84. The van der Waals surface area contributed by atoms with Gasteiger partial charge in [-0.05, 0) is 30.7 Å². The zero-order valence-corrected chi connectivity index (χ0v) is 9.93. The summed E-state index contributed by atoms with van der Waals surface area (Å²) in [5.41, 5.74) is 0.629. The Hall–Kier alpha value is -1.68. The number of benzene rings is 1. The summed E-state index contributed by atoms with van der Waals surface area (Å²) in [7, 11) is 1.60. The first-order valence-corrected chi connectivity index (χ1v) is 5.36. The summed E-state index contributed by atoms with van der Waals surface area (Å²) in [4.78, 5) is 13.0. The Balaban J connectivity index is 2.62. The van der Waals surface area contributed by atoms with Gasteiger partial charge in [-0.3, -0.25) is 4.79 Å². The van der Waals surface area contributed by atoms with E-state index >= 15 is 0 Å². The van der Waals surface area contributed by atoms with Gasteiger partial charge in [-0.2, -0.15) is 0 Å². The first-order valence-electron chi connectivity index (χ1n) is 5.36. The highest BCUT2D eigenvalue weighted by atomic mass is 19.1. The molecule has 3 nitrogen and oxygen atoms in total. The lowest BCUT2D eigenvalue weighted by Crippen LogP contribution is -2.31. The van der Waals surface area contributed by atoms with E-state index < -0.39 is 6.10 Å². The number of nitrogens with zero attached hydrogens (tertiary/aromatic N) is 1. The summed E-state index contributed by atoms with van der Waals surface area (Å²) in [6, 6.07) is 5.98. The van der Waals surface area contributed by atoms with Crippen molar-refractivity contribution in [3.05, 3.63) is 41.7 Å². The van der Waals surface area contributed by atoms with Gasteiger partial charge in [0.05, 0.1) is 6.10 Å². The summed E-state index contributed by atoms with van der Waals surface area (Å²) in [6.45, 7) is 1.88. The Bertz CT molecular complexity index is 416. The average molecular weight is 237 g/mol. The van der Waals surface area contributed by atoms with E-state index in [0.29, 0.717) is 5.56 Å². The second kappa shape index (κ2) is 6.15. The van der Waals surface area contributed by atoms with Crippen molar-refractivity contribution in [3.8, 4) is 0 Å². The maximum absolute atomic E-state index is 12.9. The molecule has 1 rings (SSSR count). The minimum absolute atomic E-state index is 0.227. The van der Waals surface area contributed by atoms with E-state index in [4.69, 9.17) is 5.11 Å². The van der Waals surface area contributed by atoms with Gasteiger partial charge in [-0.1, -0.05) is 12.1 Å². The number of aliphatic hydroxyl groups is 1. The van der Waals surface area contributed by atoms with Gasteiger partial charge in [0.25, 0.3) is 0 Å². The molecule has 0 aliphatic rings. The molecule has 0 aliphatic carbocycles. The molecule has 0 bridgehead atoms. The molecule has 0 aliphatic heterocycles. The van der Waals surface area contributed by atoms with Gasteiger partial charge in [-0.15, -0.1) is 0 Å². The van der Waals surface area contributed by atoms with E-state index in [2.05, 4.69) is 0 Å². The third-order valence-electron chi connectivity index (χ3n) is 2.18. The maximum Gasteiger partial charge on any atom is 0.246 e. The smallest absolute Gasteiger partial charge is 0.246 e. The molecule has 1 amide bonds. The van der Waals surface area contributed by atoms with Crippen molar-refractivity contribution in [2.45, 2.75) is 13.0 Å². The van der Waals surface area contributed by atoms with Crippen LogP contribution in [0.25, 0.3) is 6.08 Å². The molecule has 1 unspecified atom stereocenters. The molecule has 1 aromatic carbocycles. The summed E-state index contributed by atoms with van der Waals surface area (Å²) < 4.78 is 12.9. The number of carbonyl (C=O) groups excluding carboxylic acids is 1. The van der Waals surface area contributed by atoms with Crippen molar-refractivity contribution in [2.24, 2.45) is 0 Å². The van der Waals surface area contributed by atoms with Crippen LogP contribution < -0.4 is 0 Å². The van der Waals surface area contributed by atoms with Crippen LogP contribution in [0.1, 0.15) is 12.5 Å². The maximum atomic E-state index is 12.9. The van der Waals surface area contributed by atoms with E-state index in [1.807, 2.05) is 0 Å². The zero-order chi connectivity index (χ0) is 12.8. The van der Waals surface area contributed by atoms with Gasteiger partial charge in [0.1, 0.15) is 5.82 Å². The molecule has 0 spiro atoms. The lowest BCUT2D eigenvalue weighted by atomic mass is 10.2. The second-order valence-electron chi connectivity index (χ2n) is 3.96. The van der Waals surface area contributed by atoms with Gasteiger partial charge in [-0.25, -0.2) is 4.39 Å². The predicted molar refractivity (Wildman–Crippen MR) is 64.8 cm³/mol. The van der Waals surface area contributed by atoms with E-state index in [-0.39, 0.29) is 18.3 Å². The molecule has 0 fully saturated rings. The third-order valence-corrected chi connectivity index (χ3v) is 2.18. The molecule has 0 radical (unpaired) electrons. The molecular weight excluding hydrogens is 221 g/mol. The molecule has 1 atom stereocenters. The number of carbonyl (C=O) groups is 1. The van der Waals surface area contributed by atoms with Gasteiger partial charge in [0.2, 0.25) is 5.91 Å². The highest BCUT2D eigenvalue weighted by molar-refractivity contribution is 5.91. The van der Waals surface area contributed by atoms with Crippen LogP contribution in [-0.2, 0) is 4.79 Å². The van der Waals surface area contributed by atoms with Crippen LogP contribution in [-0.4, -0.2) is 35.6 Å². The fraction of sp³-hybridized carbons (Fsp3) is 0.308. The molecule has 0 saturated carbocycles. The molecule has 92 valence electrons. The standard InChI is InChI=1S/C13H16FNO2/c1-10(16)9-15(2)13(17)7-6-11-4-3-5-12(14)8-11/h3-8,10,16H,9H2,1-2H3. The number of rotatable bonds is 4. The third kappa shape index (κ3) is 4.78. The predicted octanol–water partition coefficient (Wildman–Crippen LogP) is 1.68. The van der Waals surface area contributed by atoms with Crippen molar-refractivity contribution < 1.29 is 14.3 Å². The van der Waals surface area contributed by atoms with Crippen LogP contribution in [0.5, 0.6) is 0 Å². The van der Waals surface area contributed by atoms with Gasteiger partial charge >= 0.3 is 0 Å². The molecule has 0 aromatic heterocycles. The lowest BCUT2D eigenvalue weighted by Gasteiger charge is -2.16. The Morgan fingerprint density at radius 2 is 2.29 bits per heavy atom. The van der Waals surface area contributed by atoms with Gasteiger partial charge < -0.3 is 10.0 Å². The monoisotopic (exact) mass is 237 g/mol. The number of likely N-dealkylation sites (N-methyl/N-ethyl adjacent to an activating group) is 1. The van der Waals surface area contributed by atoms with E-state index in [0.717, 1.165) is 0 Å². The Labute approximate surface area is 100 Å². The van der Waals surface area contributed by atoms with Crippen LogP contribution in [0, 0.1) is 5.82 Å². The summed E-state index contributed by atoms with van der Waals surface area (Å²) in [5.74, 6) is -0.563. The largest absolute Gasteiger partial charge is 0.392 e. The fourth-order valence-corrected chi connectivity index (χ4v) is 1.39. The number of aliphatic hydroxyl groups excluding tert-OH is 1. The number of halogens is 1. The van der Waals surface area contributed by atoms with Crippen LogP contribution in [0.2, 0.25) is 0 Å². The zero-order valence-electron chi connectivity index (χ0n) is 9.93. The molecule has 0 saturated heterocycles. The first kappa shape index (κ1) is 13.4. The summed E-state index contributed by atoms with van der Waals surface area (Å²) in [6.07, 6.45) is 2.34. The average Bonchev–Trinajstić information content (AvgIpc) is 2.25. The van der Waals surface area contributed by atoms with Crippen LogP contribution in [0.15, 0.2) is 30.3 Å². The Morgan fingerprint density at radius 1 is 1.59 bits per heavy atom. The number of amides is 1. The first-order chi connectivity index (χ1) is 7.99. The normalized spacial score (nSPS) is 12.7. The second-order valence-corrected chi connectivity index (χ2v) is 3.96. The molecular formula is C13H16FNO2. The van der Waals surface area contributed by atoms with Crippen molar-refractivity contribution in [3.63, 3.8) is 0 Å².